The zero-order valence-corrected chi connectivity index (χ0v) is 14.7. The number of likely N-dealkylation sites (N-methyl/N-ethyl adjacent to an activating group) is 1. The first-order valence-corrected chi connectivity index (χ1v) is 7.89. The number of hydrogen-bond donors (Lipinski definition) is 1. The number of amides is 1. The van der Waals surface area contributed by atoms with Crippen molar-refractivity contribution in [2.75, 3.05) is 19.5 Å². The van der Waals surface area contributed by atoms with Crippen molar-refractivity contribution in [1.82, 2.24) is 4.90 Å². The van der Waals surface area contributed by atoms with Crippen LogP contribution in [0.4, 0.5) is 15.8 Å². The van der Waals surface area contributed by atoms with Crippen LogP contribution >= 0.6 is 0 Å². The Bertz CT molecular complexity index is 796. The summed E-state index contributed by atoms with van der Waals surface area (Å²) in [5, 5.41) is 13.5. The fraction of sp³-hybridized carbons (Fsp3) is 0.278. The van der Waals surface area contributed by atoms with Crippen molar-refractivity contribution in [1.29, 1.82) is 0 Å². The lowest BCUT2D eigenvalue weighted by atomic mass is 10.1. The van der Waals surface area contributed by atoms with Gasteiger partial charge in [-0.1, -0.05) is 12.1 Å². The molecule has 1 N–H and O–H groups in total. The van der Waals surface area contributed by atoms with Gasteiger partial charge < -0.3 is 10.1 Å². The highest BCUT2D eigenvalue weighted by Crippen LogP contribution is 2.29. The lowest BCUT2D eigenvalue weighted by Gasteiger charge is -2.24. The first-order valence-electron chi connectivity index (χ1n) is 7.89. The summed E-state index contributed by atoms with van der Waals surface area (Å²) in [6.07, 6.45) is 0. The van der Waals surface area contributed by atoms with Crippen molar-refractivity contribution >= 4 is 17.3 Å². The van der Waals surface area contributed by atoms with Crippen LogP contribution in [0, 0.1) is 15.9 Å². The van der Waals surface area contributed by atoms with E-state index in [9.17, 15) is 19.3 Å². The summed E-state index contributed by atoms with van der Waals surface area (Å²) in [7, 11) is 3.15. The molecule has 0 aromatic heterocycles. The zero-order chi connectivity index (χ0) is 19.3. The van der Waals surface area contributed by atoms with Crippen LogP contribution in [0.15, 0.2) is 42.5 Å². The van der Waals surface area contributed by atoms with E-state index < -0.39 is 11.0 Å². The van der Waals surface area contributed by atoms with E-state index in [1.54, 1.807) is 31.0 Å². The maximum atomic E-state index is 13.0. The molecular formula is C18H20FN3O4. The molecule has 0 saturated heterocycles. The van der Waals surface area contributed by atoms with Gasteiger partial charge in [-0.15, -0.1) is 0 Å². The van der Waals surface area contributed by atoms with E-state index in [1.165, 1.54) is 37.4 Å². The molecule has 1 amide bonds. The number of hydrogen-bond acceptors (Lipinski definition) is 5. The normalized spacial score (nSPS) is 11.9. The molecule has 0 radical (unpaired) electrons. The second kappa shape index (κ2) is 8.39. The molecule has 0 heterocycles. The molecule has 2 rings (SSSR count). The number of non-ortho nitro benzene ring substituents is 1. The predicted octanol–water partition coefficient (Wildman–Crippen LogP) is 3.20. The van der Waals surface area contributed by atoms with E-state index in [0.29, 0.717) is 12.2 Å². The molecule has 0 fully saturated rings. The number of benzene rings is 2. The third kappa shape index (κ3) is 4.76. The smallest absolute Gasteiger partial charge is 0.273 e. The Hall–Kier alpha value is -3.00. The Morgan fingerprint density at radius 1 is 1.31 bits per heavy atom. The van der Waals surface area contributed by atoms with Gasteiger partial charge in [0.15, 0.2) is 0 Å². The Kier molecular flexibility index (Phi) is 6.24. The summed E-state index contributed by atoms with van der Waals surface area (Å²) >= 11 is 0. The number of nitrogens with one attached hydrogen (secondary N) is 1. The number of nitro groups is 1. The number of methoxy groups -OCH3 is 1. The molecule has 8 heteroatoms. The summed E-state index contributed by atoms with van der Waals surface area (Å²) in [5.74, 6) is -0.393. The highest BCUT2D eigenvalue weighted by Gasteiger charge is 2.20. The number of carbonyl (C=O) groups is 1. The number of anilines is 1. The standard InChI is InChI=1S/C18H20FN3O4/c1-12(21(2)11-13-4-6-14(19)7-5-13)18(23)20-16-9-8-15(22(24)25)10-17(16)26-3/h4-10,12H,11H2,1-3H3,(H,20,23)/t12-/m1/s1. The van der Waals surface area contributed by atoms with Crippen LogP contribution in [0.2, 0.25) is 0 Å². The van der Waals surface area contributed by atoms with E-state index in [0.717, 1.165) is 5.56 Å². The highest BCUT2D eigenvalue weighted by molar-refractivity contribution is 5.96. The largest absolute Gasteiger partial charge is 0.494 e. The number of halogens is 1. The van der Waals surface area contributed by atoms with Crippen molar-refractivity contribution < 1.29 is 18.8 Å². The van der Waals surface area contributed by atoms with Crippen molar-refractivity contribution in [3.8, 4) is 5.75 Å². The van der Waals surface area contributed by atoms with Crippen LogP contribution in [0.3, 0.4) is 0 Å². The molecule has 0 aliphatic carbocycles. The quantitative estimate of drug-likeness (QED) is 0.605. The first-order chi connectivity index (χ1) is 12.3. The summed E-state index contributed by atoms with van der Waals surface area (Å²) < 4.78 is 18.1. The van der Waals surface area contributed by atoms with Crippen molar-refractivity contribution in [2.24, 2.45) is 0 Å². The van der Waals surface area contributed by atoms with Crippen LogP contribution < -0.4 is 10.1 Å². The minimum Gasteiger partial charge on any atom is -0.494 e. The topological polar surface area (TPSA) is 84.7 Å². The molecule has 0 aliphatic rings. The second-order valence-corrected chi connectivity index (χ2v) is 5.85. The SMILES string of the molecule is COc1cc([N+](=O)[O-])ccc1NC(=O)[C@@H](C)N(C)Cc1ccc(F)cc1. The molecule has 26 heavy (non-hydrogen) atoms. The molecule has 0 aliphatic heterocycles. The summed E-state index contributed by atoms with van der Waals surface area (Å²) in [4.78, 5) is 24.6. The molecule has 2 aromatic rings. The van der Waals surface area contributed by atoms with Crippen LogP contribution in [-0.2, 0) is 11.3 Å². The highest BCUT2D eigenvalue weighted by atomic mass is 19.1. The van der Waals surface area contributed by atoms with Gasteiger partial charge in [-0.3, -0.25) is 19.8 Å². The number of rotatable bonds is 7. The number of ether oxygens (including phenoxy) is 1. The maximum absolute atomic E-state index is 13.0. The van der Waals surface area contributed by atoms with Gasteiger partial charge in [0.1, 0.15) is 11.6 Å². The average Bonchev–Trinajstić information content (AvgIpc) is 2.62. The van der Waals surface area contributed by atoms with E-state index in [-0.39, 0.29) is 23.2 Å². The average molecular weight is 361 g/mol. The predicted molar refractivity (Wildman–Crippen MR) is 95.6 cm³/mol. The monoisotopic (exact) mass is 361 g/mol. The third-order valence-electron chi connectivity index (χ3n) is 4.04. The number of carbonyl (C=O) groups excluding carboxylic acids is 1. The van der Waals surface area contributed by atoms with Gasteiger partial charge in [-0.25, -0.2) is 4.39 Å². The molecule has 0 bridgehead atoms. The first kappa shape index (κ1) is 19.3. The van der Waals surface area contributed by atoms with Gasteiger partial charge >= 0.3 is 0 Å². The number of nitrogens with zero attached hydrogens (tertiary/aromatic N) is 2. The second-order valence-electron chi connectivity index (χ2n) is 5.85. The van der Waals surface area contributed by atoms with Crippen LogP contribution in [-0.4, -0.2) is 35.9 Å². The molecule has 1 atom stereocenters. The molecule has 0 saturated carbocycles. The summed E-state index contributed by atoms with van der Waals surface area (Å²) in [6.45, 7) is 2.20. The van der Waals surface area contributed by atoms with E-state index >= 15 is 0 Å². The van der Waals surface area contributed by atoms with Gasteiger partial charge in [-0.05, 0) is 37.7 Å². The van der Waals surface area contributed by atoms with E-state index in [4.69, 9.17) is 4.74 Å². The van der Waals surface area contributed by atoms with Crippen molar-refractivity contribution in [2.45, 2.75) is 19.5 Å². The Morgan fingerprint density at radius 3 is 2.54 bits per heavy atom. The fourth-order valence-electron chi connectivity index (χ4n) is 2.35. The number of nitro benzene ring substituents is 1. The lowest BCUT2D eigenvalue weighted by Crippen LogP contribution is -2.39. The molecule has 0 spiro atoms. The van der Waals surface area contributed by atoms with Gasteiger partial charge in [0.25, 0.3) is 5.69 Å². The molecule has 7 nitrogen and oxygen atoms in total. The maximum Gasteiger partial charge on any atom is 0.273 e. The Morgan fingerprint density at radius 2 is 1.96 bits per heavy atom. The van der Waals surface area contributed by atoms with Crippen LogP contribution in [0.1, 0.15) is 12.5 Å². The van der Waals surface area contributed by atoms with Crippen molar-refractivity contribution in [3.05, 3.63) is 64.0 Å². The minimum absolute atomic E-state index is 0.124. The summed E-state index contributed by atoms with van der Waals surface area (Å²) in [6, 6.07) is 9.56. The van der Waals surface area contributed by atoms with E-state index in [2.05, 4.69) is 5.32 Å². The zero-order valence-electron chi connectivity index (χ0n) is 14.7. The third-order valence-corrected chi connectivity index (χ3v) is 4.04. The van der Waals surface area contributed by atoms with Crippen LogP contribution in [0.5, 0.6) is 5.75 Å². The minimum atomic E-state index is -0.535. The molecule has 0 unspecified atom stereocenters. The van der Waals surface area contributed by atoms with Crippen molar-refractivity contribution in [3.63, 3.8) is 0 Å². The lowest BCUT2D eigenvalue weighted by molar-refractivity contribution is -0.384. The molecular weight excluding hydrogens is 341 g/mol. The molecule has 2 aromatic carbocycles. The molecule has 138 valence electrons. The van der Waals surface area contributed by atoms with Crippen LogP contribution in [0.25, 0.3) is 0 Å². The Balaban J connectivity index is 2.06. The summed E-state index contributed by atoms with van der Waals surface area (Å²) in [5.41, 5.74) is 1.10. The Labute approximate surface area is 150 Å². The van der Waals surface area contributed by atoms with Gasteiger partial charge in [0.2, 0.25) is 5.91 Å². The van der Waals surface area contributed by atoms with Gasteiger partial charge in [0.05, 0.1) is 29.8 Å². The fourth-order valence-corrected chi connectivity index (χ4v) is 2.35. The van der Waals surface area contributed by atoms with E-state index in [1.807, 2.05) is 0 Å². The van der Waals surface area contributed by atoms with Gasteiger partial charge in [-0.2, -0.15) is 0 Å². The van der Waals surface area contributed by atoms with Gasteiger partial charge in [0, 0.05) is 12.6 Å².